The lowest BCUT2D eigenvalue weighted by Gasteiger charge is -2.28. The van der Waals surface area contributed by atoms with Gasteiger partial charge >= 0.3 is 0 Å². The molecule has 0 atom stereocenters. The highest BCUT2D eigenvalue weighted by Crippen LogP contribution is 2.30. The van der Waals surface area contributed by atoms with E-state index in [4.69, 9.17) is 0 Å². The molecule has 2 N–H and O–H groups in total. The summed E-state index contributed by atoms with van der Waals surface area (Å²) < 4.78 is 0. The van der Waals surface area contributed by atoms with Crippen molar-refractivity contribution in [3.05, 3.63) is 23.5 Å². The Kier molecular flexibility index (Phi) is 3.88. The van der Waals surface area contributed by atoms with Crippen molar-refractivity contribution in [3.63, 3.8) is 0 Å². The number of aryl methyl sites for hydroxylation is 1. The zero-order valence-corrected chi connectivity index (χ0v) is 11.2. The molecule has 100 valence electrons. The van der Waals surface area contributed by atoms with Crippen LogP contribution in [0, 0.1) is 6.92 Å². The molecule has 1 aliphatic rings. The van der Waals surface area contributed by atoms with E-state index < -0.39 is 5.60 Å². The highest BCUT2D eigenvalue weighted by molar-refractivity contribution is 5.27. The molecule has 4 nitrogen and oxygen atoms in total. The molecule has 1 aliphatic carbocycles. The smallest absolute Gasteiger partial charge is 0.138 e. The van der Waals surface area contributed by atoms with Crippen LogP contribution < -0.4 is 0 Å². The maximum atomic E-state index is 10.3. The van der Waals surface area contributed by atoms with Crippen molar-refractivity contribution in [1.82, 2.24) is 9.88 Å². The predicted molar refractivity (Wildman–Crippen MR) is 70.4 cm³/mol. The van der Waals surface area contributed by atoms with Gasteiger partial charge in [-0.1, -0.05) is 12.8 Å². The molecule has 0 radical (unpaired) electrons. The van der Waals surface area contributed by atoms with Crippen LogP contribution in [-0.2, 0) is 6.54 Å². The first-order chi connectivity index (χ1) is 8.48. The normalized spacial score (nSPS) is 18.4. The number of pyridine rings is 1. The molecule has 0 spiro atoms. The van der Waals surface area contributed by atoms with Gasteiger partial charge in [0.15, 0.2) is 0 Å². The lowest BCUT2D eigenvalue weighted by molar-refractivity contribution is 0.0141. The van der Waals surface area contributed by atoms with Crippen LogP contribution >= 0.6 is 0 Å². The minimum atomic E-state index is -0.547. The highest BCUT2D eigenvalue weighted by atomic mass is 16.3. The van der Waals surface area contributed by atoms with Gasteiger partial charge in [0.25, 0.3) is 0 Å². The molecule has 1 saturated carbocycles. The maximum Gasteiger partial charge on any atom is 0.138 e. The minimum absolute atomic E-state index is 0.228. The lowest BCUT2D eigenvalue weighted by atomic mass is 10.0. The SMILES string of the molecule is Cc1ccc(O)c(CN(C)CC2(O)CCCC2)n1. The van der Waals surface area contributed by atoms with Gasteiger partial charge in [-0.3, -0.25) is 9.88 Å². The van der Waals surface area contributed by atoms with E-state index in [2.05, 4.69) is 4.98 Å². The predicted octanol–water partition coefficient (Wildman–Crippen LogP) is 1.83. The van der Waals surface area contributed by atoms with Gasteiger partial charge in [-0.2, -0.15) is 0 Å². The van der Waals surface area contributed by atoms with Gasteiger partial charge in [-0.25, -0.2) is 0 Å². The first-order valence-electron chi connectivity index (χ1n) is 6.55. The fourth-order valence-corrected chi connectivity index (χ4v) is 2.72. The van der Waals surface area contributed by atoms with E-state index in [1.54, 1.807) is 12.1 Å². The Hall–Kier alpha value is -1.13. The van der Waals surface area contributed by atoms with Crippen LogP contribution in [0.25, 0.3) is 0 Å². The Balaban J connectivity index is 1.98. The summed E-state index contributed by atoms with van der Waals surface area (Å²) in [4.78, 5) is 6.37. The first-order valence-corrected chi connectivity index (χ1v) is 6.55. The van der Waals surface area contributed by atoms with Gasteiger partial charge < -0.3 is 10.2 Å². The number of hydrogen-bond donors (Lipinski definition) is 2. The summed E-state index contributed by atoms with van der Waals surface area (Å²) in [5.41, 5.74) is 1.03. The molecule has 1 fully saturated rings. The molecule has 1 aromatic heterocycles. The molecule has 18 heavy (non-hydrogen) atoms. The quantitative estimate of drug-likeness (QED) is 0.856. The number of likely N-dealkylation sites (N-methyl/N-ethyl adjacent to an activating group) is 1. The van der Waals surface area contributed by atoms with E-state index in [0.717, 1.165) is 31.4 Å². The molecular weight excluding hydrogens is 228 g/mol. The van der Waals surface area contributed by atoms with Crippen molar-refractivity contribution in [3.8, 4) is 5.75 Å². The zero-order valence-electron chi connectivity index (χ0n) is 11.2. The second kappa shape index (κ2) is 5.24. The summed E-state index contributed by atoms with van der Waals surface area (Å²) in [5.74, 6) is 0.228. The van der Waals surface area contributed by atoms with E-state index in [0.29, 0.717) is 18.8 Å². The van der Waals surface area contributed by atoms with Gasteiger partial charge in [0.05, 0.1) is 11.3 Å². The summed E-state index contributed by atoms with van der Waals surface area (Å²) in [5, 5.41) is 20.1. The molecule has 0 aromatic carbocycles. The topological polar surface area (TPSA) is 56.6 Å². The van der Waals surface area contributed by atoms with Crippen molar-refractivity contribution in [2.24, 2.45) is 0 Å². The molecule has 0 unspecified atom stereocenters. The van der Waals surface area contributed by atoms with Gasteiger partial charge in [0.1, 0.15) is 5.75 Å². The van der Waals surface area contributed by atoms with E-state index in [1.165, 1.54) is 0 Å². The zero-order chi connectivity index (χ0) is 13.2. The van der Waals surface area contributed by atoms with Crippen LogP contribution in [-0.4, -0.2) is 39.3 Å². The van der Waals surface area contributed by atoms with Crippen LogP contribution in [0.15, 0.2) is 12.1 Å². The molecule has 1 aromatic rings. The standard InChI is InChI=1S/C14H22N2O2/c1-11-5-6-13(17)12(15-11)9-16(2)10-14(18)7-3-4-8-14/h5-6,17-18H,3-4,7-10H2,1-2H3. The van der Waals surface area contributed by atoms with Gasteiger partial charge in [-0.05, 0) is 38.9 Å². The first kappa shape index (κ1) is 13.3. The molecule has 1 heterocycles. The van der Waals surface area contributed by atoms with E-state index in [9.17, 15) is 10.2 Å². The Morgan fingerprint density at radius 3 is 2.67 bits per heavy atom. The second-order valence-electron chi connectivity index (χ2n) is 5.52. The number of aromatic hydroxyl groups is 1. The van der Waals surface area contributed by atoms with E-state index in [1.807, 2.05) is 18.9 Å². The van der Waals surface area contributed by atoms with Crippen molar-refractivity contribution in [2.75, 3.05) is 13.6 Å². The molecule has 0 bridgehead atoms. The third kappa shape index (κ3) is 3.21. The third-order valence-corrected chi connectivity index (χ3v) is 3.61. The van der Waals surface area contributed by atoms with Crippen molar-refractivity contribution >= 4 is 0 Å². The van der Waals surface area contributed by atoms with Crippen LogP contribution in [0.5, 0.6) is 5.75 Å². The van der Waals surface area contributed by atoms with Gasteiger partial charge in [0, 0.05) is 18.8 Å². The van der Waals surface area contributed by atoms with Crippen molar-refractivity contribution in [2.45, 2.75) is 44.8 Å². The Labute approximate surface area is 108 Å². The third-order valence-electron chi connectivity index (χ3n) is 3.61. The Morgan fingerprint density at radius 2 is 2.00 bits per heavy atom. The molecule has 0 amide bonds. The minimum Gasteiger partial charge on any atom is -0.506 e. The average Bonchev–Trinajstić information content (AvgIpc) is 2.70. The van der Waals surface area contributed by atoms with Gasteiger partial charge in [0.2, 0.25) is 0 Å². The number of aromatic nitrogens is 1. The van der Waals surface area contributed by atoms with Crippen molar-refractivity contribution in [1.29, 1.82) is 0 Å². The highest BCUT2D eigenvalue weighted by Gasteiger charge is 2.32. The number of nitrogens with zero attached hydrogens (tertiary/aromatic N) is 2. The van der Waals surface area contributed by atoms with Crippen LogP contribution in [0.1, 0.15) is 37.1 Å². The molecular formula is C14H22N2O2. The Morgan fingerprint density at radius 1 is 1.33 bits per heavy atom. The van der Waals surface area contributed by atoms with Gasteiger partial charge in [-0.15, -0.1) is 0 Å². The summed E-state index contributed by atoms with van der Waals surface area (Å²) >= 11 is 0. The Bertz CT molecular complexity index is 414. The summed E-state index contributed by atoms with van der Waals surface area (Å²) in [6.45, 7) is 3.12. The van der Waals surface area contributed by atoms with E-state index in [-0.39, 0.29) is 5.75 Å². The summed E-state index contributed by atoms with van der Waals surface area (Å²) in [7, 11) is 1.96. The molecule has 0 aliphatic heterocycles. The largest absolute Gasteiger partial charge is 0.506 e. The maximum absolute atomic E-state index is 10.3. The van der Waals surface area contributed by atoms with Crippen LogP contribution in [0.4, 0.5) is 0 Å². The summed E-state index contributed by atoms with van der Waals surface area (Å²) in [6.07, 6.45) is 3.98. The number of hydrogen-bond acceptors (Lipinski definition) is 4. The molecule has 2 rings (SSSR count). The van der Waals surface area contributed by atoms with Crippen LogP contribution in [0.3, 0.4) is 0 Å². The van der Waals surface area contributed by atoms with E-state index >= 15 is 0 Å². The summed E-state index contributed by atoms with van der Waals surface area (Å²) in [6, 6.07) is 3.47. The van der Waals surface area contributed by atoms with Crippen molar-refractivity contribution < 1.29 is 10.2 Å². The molecule has 0 saturated heterocycles. The molecule has 4 heteroatoms. The fourth-order valence-electron chi connectivity index (χ4n) is 2.72. The lowest BCUT2D eigenvalue weighted by Crippen LogP contribution is -2.38. The number of rotatable bonds is 4. The number of aliphatic hydroxyl groups is 1. The average molecular weight is 250 g/mol. The fraction of sp³-hybridized carbons (Fsp3) is 0.643. The monoisotopic (exact) mass is 250 g/mol. The second-order valence-corrected chi connectivity index (χ2v) is 5.52. The van der Waals surface area contributed by atoms with Crippen LogP contribution in [0.2, 0.25) is 0 Å².